The summed E-state index contributed by atoms with van der Waals surface area (Å²) in [7, 11) is 1.01. The quantitative estimate of drug-likeness (QED) is 0.107. The van der Waals surface area contributed by atoms with Gasteiger partial charge in [0.1, 0.15) is 17.0 Å². The third kappa shape index (κ3) is 6.89. The lowest BCUT2D eigenvalue weighted by Gasteiger charge is -2.44. The second-order valence-electron chi connectivity index (χ2n) is 12.6. The molecular formula is C38H29BrF6N2O4. The molecule has 0 N–H and O–H groups in total. The van der Waals surface area contributed by atoms with Crippen molar-refractivity contribution < 1.29 is 40.7 Å². The molecule has 0 radical (unpaired) electrons. The Kier molecular flexibility index (Phi) is 9.97. The second-order valence-corrected chi connectivity index (χ2v) is 13.5. The highest BCUT2D eigenvalue weighted by Crippen LogP contribution is 2.56. The van der Waals surface area contributed by atoms with E-state index in [1.54, 1.807) is 50.2 Å². The maximum absolute atomic E-state index is 15.7. The van der Waals surface area contributed by atoms with Crippen LogP contribution >= 0.6 is 15.9 Å². The van der Waals surface area contributed by atoms with Gasteiger partial charge in [-0.05, 0) is 66.8 Å². The summed E-state index contributed by atoms with van der Waals surface area (Å²) in [5, 5.41) is 9.69. The molecule has 0 saturated heterocycles. The first-order valence-electron chi connectivity index (χ1n) is 15.4. The van der Waals surface area contributed by atoms with Crippen molar-refractivity contribution in [2.45, 2.75) is 45.6 Å². The zero-order valence-electron chi connectivity index (χ0n) is 27.4. The minimum Gasteiger partial charge on any atom is -0.468 e. The highest BCUT2D eigenvalue weighted by atomic mass is 79.9. The number of methoxy groups -OCH3 is 1. The Balaban J connectivity index is 1.88. The first-order valence-corrected chi connectivity index (χ1v) is 16.2. The number of pyridine rings is 1. The topological polar surface area (TPSA) is 89.2 Å². The van der Waals surface area contributed by atoms with Crippen molar-refractivity contribution in [2.75, 3.05) is 7.11 Å². The molecule has 1 aliphatic carbocycles. The van der Waals surface area contributed by atoms with E-state index in [0.717, 1.165) is 13.2 Å². The van der Waals surface area contributed by atoms with Crippen LogP contribution in [0.4, 0.5) is 26.3 Å². The minimum absolute atomic E-state index is 0.0245. The summed E-state index contributed by atoms with van der Waals surface area (Å²) in [6, 6.07) is 20.1. The lowest BCUT2D eigenvalue weighted by atomic mass is 9.59. The number of aromatic nitrogens is 1. The van der Waals surface area contributed by atoms with Gasteiger partial charge >= 0.3 is 18.3 Å². The van der Waals surface area contributed by atoms with E-state index >= 15 is 13.2 Å². The fourth-order valence-electron chi connectivity index (χ4n) is 6.59. The van der Waals surface area contributed by atoms with Gasteiger partial charge in [0.25, 0.3) is 5.56 Å². The molecule has 0 saturated carbocycles. The number of ether oxygens (including phenoxy) is 1. The van der Waals surface area contributed by atoms with E-state index < -0.39 is 70.3 Å². The van der Waals surface area contributed by atoms with Crippen LogP contribution in [0.2, 0.25) is 0 Å². The molecule has 13 heteroatoms. The Morgan fingerprint density at radius 1 is 0.922 bits per heavy atom. The van der Waals surface area contributed by atoms with E-state index in [2.05, 4.69) is 15.9 Å². The normalized spacial score (nSPS) is 19.3. The molecule has 51 heavy (non-hydrogen) atoms. The lowest BCUT2D eigenvalue weighted by molar-refractivity contribution is -0.216. The van der Waals surface area contributed by atoms with E-state index in [0.29, 0.717) is 31.8 Å². The van der Waals surface area contributed by atoms with Gasteiger partial charge in [0.15, 0.2) is 11.2 Å². The van der Waals surface area contributed by atoms with Crippen LogP contribution in [0.5, 0.6) is 0 Å². The number of Topliss-reactive ketones (excluding diaryl/α,β-unsaturated/α-hetero) is 1. The van der Waals surface area contributed by atoms with Gasteiger partial charge in [-0.2, -0.15) is 31.6 Å². The standard InChI is InChI=1S/C38H29BrF6N2O4/c1-22-6-4-8-25(14-22)30-18-35(38(43,44)45,19-32(48)36(30,34(50)51-3)17-24-10-12-27(39)13-11-24)21-47-31(26-9-5-7-23(2)15-26)16-29(37(40,41)42)28(20-46)33(47)49/h4-16,18H,17,19,21H2,1-3H3. The molecular weight excluding hydrogens is 742 g/mol. The van der Waals surface area contributed by atoms with E-state index in [-0.39, 0.29) is 23.1 Å². The molecule has 0 bridgehead atoms. The molecule has 0 aliphatic heterocycles. The molecule has 3 aromatic carbocycles. The van der Waals surface area contributed by atoms with Gasteiger partial charge in [0.05, 0.1) is 18.4 Å². The third-order valence-corrected chi connectivity index (χ3v) is 9.64. The van der Waals surface area contributed by atoms with Gasteiger partial charge in [0.2, 0.25) is 0 Å². The number of esters is 1. The molecule has 0 fully saturated rings. The number of carbonyl (C=O) groups excluding carboxylic acids is 2. The molecule has 264 valence electrons. The van der Waals surface area contributed by atoms with Gasteiger partial charge in [-0.25, -0.2) is 0 Å². The zero-order chi connectivity index (χ0) is 37.5. The van der Waals surface area contributed by atoms with Crippen molar-refractivity contribution in [3.63, 3.8) is 0 Å². The van der Waals surface area contributed by atoms with E-state index in [1.165, 1.54) is 42.5 Å². The average molecular weight is 772 g/mol. The molecule has 0 spiro atoms. The molecule has 2 atom stereocenters. The van der Waals surface area contributed by atoms with E-state index in [1.807, 2.05) is 0 Å². The molecule has 2 unspecified atom stereocenters. The highest BCUT2D eigenvalue weighted by Gasteiger charge is 2.64. The van der Waals surface area contributed by atoms with Crippen LogP contribution in [0.1, 0.15) is 39.8 Å². The first kappa shape index (κ1) is 37.3. The van der Waals surface area contributed by atoms with E-state index in [9.17, 15) is 32.8 Å². The molecule has 1 heterocycles. The summed E-state index contributed by atoms with van der Waals surface area (Å²) in [5.41, 5.74) is -9.44. The number of nitriles is 1. The number of hydrogen-bond donors (Lipinski definition) is 0. The summed E-state index contributed by atoms with van der Waals surface area (Å²) in [6.07, 6.45) is -11.5. The fourth-order valence-corrected chi connectivity index (χ4v) is 6.85. The number of alkyl halides is 6. The van der Waals surface area contributed by atoms with Gasteiger partial charge < -0.3 is 9.30 Å². The van der Waals surface area contributed by atoms with Crippen molar-refractivity contribution in [3.8, 4) is 17.3 Å². The van der Waals surface area contributed by atoms with E-state index in [4.69, 9.17) is 4.74 Å². The summed E-state index contributed by atoms with van der Waals surface area (Å²) < 4.78 is 96.0. The summed E-state index contributed by atoms with van der Waals surface area (Å²) in [4.78, 5) is 42.2. The van der Waals surface area contributed by atoms with Gasteiger partial charge in [-0.15, -0.1) is 0 Å². The van der Waals surface area contributed by atoms with Gasteiger partial charge in [-0.1, -0.05) is 87.7 Å². The van der Waals surface area contributed by atoms with Gasteiger partial charge in [-0.3, -0.25) is 14.4 Å². The Labute approximate surface area is 297 Å². The number of aryl methyl sites for hydroxylation is 2. The smallest absolute Gasteiger partial charge is 0.417 e. The Hall–Kier alpha value is -4.96. The van der Waals surface area contributed by atoms with Crippen LogP contribution in [-0.4, -0.2) is 29.6 Å². The number of nitrogens with zero attached hydrogens (tertiary/aromatic N) is 2. The first-order chi connectivity index (χ1) is 23.9. The predicted molar refractivity (Wildman–Crippen MR) is 180 cm³/mol. The Morgan fingerprint density at radius 3 is 2.04 bits per heavy atom. The van der Waals surface area contributed by atoms with Crippen molar-refractivity contribution >= 4 is 33.3 Å². The molecule has 1 aliphatic rings. The molecule has 1 aromatic heterocycles. The number of halogens is 7. The molecule has 6 nitrogen and oxygen atoms in total. The van der Waals surface area contributed by atoms with Crippen LogP contribution in [0, 0.1) is 36.0 Å². The number of carbonyl (C=O) groups is 2. The second kappa shape index (κ2) is 13.6. The number of hydrogen-bond acceptors (Lipinski definition) is 5. The Morgan fingerprint density at radius 2 is 1.51 bits per heavy atom. The van der Waals surface area contributed by atoms with Gasteiger partial charge in [0, 0.05) is 17.4 Å². The number of benzene rings is 3. The monoisotopic (exact) mass is 770 g/mol. The highest BCUT2D eigenvalue weighted by molar-refractivity contribution is 9.10. The minimum atomic E-state index is -5.31. The fraction of sp³-hybridized carbons (Fsp3) is 0.263. The maximum Gasteiger partial charge on any atom is 0.417 e. The SMILES string of the molecule is COC(=O)C1(Cc2ccc(Br)cc2)C(=O)CC(Cn2c(-c3cccc(C)c3)cc(C(F)(F)F)c(C#N)c2=O)(C(F)(F)F)C=C1c1cccc(C)c1. The molecule has 4 aromatic rings. The van der Waals surface area contributed by atoms with Crippen molar-refractivity contribution in [1.29, 1.82) is 5.26 Å². The largest absolute Gasteiger partial charge is 0.468 e. The van der Waals surface area contributed by atoms with Crippen LogP contribution in [-0.2, 0) is 33.5 Å². The van der Waals surface area contributed by atoms with Crippen LogP contribution < -0.4 is 5.56 Å². The number of ketones is 1. The summed E-state index contributed by atoms with van der Waals surface area (Å²) in [5.74, 6) is -2.29. The van der Waals surface area contributed by atoms with Crippen LogP contribution in [0.15, 0.2) is 94.2 Å². The maximum atomic E-state index is 15.7. The van der Waals surface area contributed by atoms with Crippen LogP contribution in [0.3, 0.4) is 0 Å². The lowest BCUT2D eigenvalue weighted by Crippen LogP contribution is -2.54. The van der Waals surface area contributed by atoms with Crippen LogP contribution in [0.25, 0.3) is 16.8 Å². The Bertz CT molecular complexity index is 2170. The summed E-state index contributed by atoms with van der Waals surface area (Å²) in [6.45, 7) is 1.88. The third-order valence-electron chi connectivity index (χ3n) is 9.11. The molecule has 5 rings (SSSR count). The zero-order valence-corrected chi connectivity index (χ0v) is 29.0. The van der Waals surface area contributed by atoms with Crippen molar-refractivity contribution in [1.82, 2.24) is 4.57 Å². The number of allylic oxidation sites excluding steroid dienone is 1. The predicted octanol–water partition coefficient (Wildman–Crippen LogP) is 8.79. The molecule has 0 amide bonds. The van der Waals surface area contributed by atoms with Crippen molar-refractivity contribution in [2.24, 2.45) is 10.8 Å². The van der Waals surface area contributed by atoms with Crippen molar-refractivity contribution in [3.05, 3.63) is 133 Å². The number of rotatable bonds is 7. The average Bonchev–Trinajstić information content (AvgIpc) is 3.06. The summed E-state index contributed by atoms with van der Waals surface area (Å²) >= 11 is 3.32.